The lowest BCUT2D eigenvalue weighted by atomic mass is 10.0. The molecule has 3 N–H and O–H groups in total. The maximum atomic E-state index is 13.2. The maximum Gasteiger partial charge on any atom is 0.252 e. The van der Waals surface area contributed by atoms with Crippen molar-refractivity contribution in [1.82, 2.24) is 30.4 Å². The Morgan fingerprint density at radius 1 is 1.06 bits per heavy atom. The molecule has 0 aliphatic heterocycles. The lowest BCUT2D eigenvalue weighted by Gasteiger charge is -2.25. The molecular formula is C24H30N6O4. The minimum absolute atomic E-state index is 0.0752. The molecule has 1 atom stereocenters. The summed E-state index contributed by atoms with van der Waals surface area (Å²) >= 11 is 0. The number of aryl methyl sites for hydroxylation is 2. The summed E-state index contributed by atoms with van der Waals surface area (Å²) in [7, 11) is 0. The predicted octanol–water partition coefficient (Wildman–Crippen LogP) is 1.13. The number of nitrogens with one attached hydrogen (secondary N) is 1. The second-order valence-electron chi connectivity index (χ2n) is 7.96. The molecule has 180 valence electrons. The van der Waals surface area contributed by atoms with Crippen LogP contribution in [0.15, 0.2) is 42.5 Å². The van der Waals surface area contributed by atoms with Crippen molar-refractivity contribution in [2.75, 3.05) is 26.3 Å². The summed E-state index contributed by atoms with van der Waals surface area (Å²) < 4.78 is 1.59. The van der Waals surface area contributed by atoms with Crippen LogP contribution in [0.2, 0.25) is 0 Å². The molecular weight excluding hydrogens is 436 g/mol. The normalized spacial score (nSPS) is 11.8. The fourth-order valence-corrected chi connectivity index (χ4v) is 3.59. The zero-order valence-electron chi connectivity index (χ0n) is 19.6. The van der Waals surface area contributed by atoms with Crippen LogP contribution in [-0.4, -0.2) is 79.5 Å². The molecule has 2 amide bonds. The number of tetrazole rings is 1. The van der Waals surface area contributed by atoms with E-state index in [0.29, 0.717) is 23.5 Å². The van der Waals surface area contributed by atoms with Crippen molar-refractivity contribution in [2.45, 2.75) is 33.2 Å². The van der Waals surface area contributed by atoms with E-state index in [1.165, 1.54) is 4.90 Å². The highest BCUT2D eigenvalue weighted by Gasteiger charge is 2.23. The highest BCUT2D eigenvalue weighted by molar-refractivity contribution is 5.99. The third kappa shape index (κ3) is 5.83. The Hall–Kier alpha value is -3.63. The number of aromatic nitrogens is 4. The molecule has 2 aromatic carbocycles. The molecule has 1 aromatic heterocycles. The van der Waals surface area contributed by atoms with E-state index in [4.69, 9.17) is 0 Å². The molecule has 0 aliphatic carbocycles. The number of benzene rings is 2. The van der Waals surface area contributed by atoms with Gasteiger partial charge in [0, 0.05) is 25.1 Å². The van der Waals surface area contributed by atoms with Crippen molar-refractivity contribution >= 4 is 11.8 Å². The highest BCUT2D eigenvalue weighted by Crippen LogP contribution is 2.25. The Morgan fingerprint density at radius 2 is 1.74 bits per heavy atom. The first-order chi connectivity index (χ1) is 16.4. The topological polar surface area (TPSA) is 133 Å². The van der Waals surface area contributed by atoms with Crippen LogP contribution in [0.4, 0.5) is 0 Å². The van der Waals surface area contributed by atoms with Gasteiger partial charge >= 0.3 is 0 Å². The number of nitrogens with zero attached hydrogens (tertiary/aromatic N) is 5. The van der Waals surface area contributed by atoms with Crippen LogP contribution in [0.3, 0.4) is 0 Å². The van der Waals surface area contributed by atoms with Gasteiger partial charge in [-0.1, -0.05) is 36.8 Å². The van der Waals surface area contributed by atoms with Gasteiger partial charge < -0.3 is 20.4 Å². The maximum absolute atomic E-state index is 13.2. The van der Waals surface area contributed by atoms with Crippen molar-refractivity contribution in [1.29, 1.82) is 0 Å². The fourth-order valence-electron chi connectivity index (χ4n) is 3.59. The summed E-state index contributed by atoms with van der Waals surface area (Å²) in [6.45, 7) is 5.20. The van der Waals surface area contributed by atoms with Crippen LogP contribution in [-0.2, 0) is 11.2 Å². The fraction of sp³-hybridized carbons (Fsp3) is 0.375. The van der Waals surface area contributed by atoms with Gasteiger partial charge in [0.05, 0.1) is 18.9 Å². The largest absolute Gasteiger partial charge is 0.395 e. The molecule has 0 spiro atoms. The van der Waals surface area contributed by atoms with Gasteiger partial charge in [-0.3, -0.25) is 9.59 Å². The molecule has 3 aromatic rings. The number of amides is 2. The van der Waals surface area contributed by atoms with E-state index in [9.17, 15) is 19.8 Å². The van der Waals surface area contributed by atoms with Gasteiger partial charge in [0.25, 0.3) is 5.91 Å². The average Bonchev–Trinajstić information content (AvgIpc) is 3.32. The lowest BCUT2D eigenvalue weighted by molar-refractivity contribution is -0.133. The standard InChI is InChI=1S/C24H30N6O4/c1-4-22-26-27-28-30(22)21-14-19(18-7-5-16(2)6-8-18)13-20(15-21)23(33)25-17(3)24(34)29(9-11-31)10-12-32/h5-8,13-15,17,31-32H,4,9-12H2,1-3H3,(H,25,33)/t17-/m1/s1. The minimum Gasteiger partial charge on any atom is -0.395 e. The molecule has 0 fully saturated rings. The van der Waals surface area contributed by atoms with E-state index in [0.717, 1.165) is 16.7 Å². The molecule has 0 unspecified atom stereocenters. The van der Waals surface area contributed by atoms with Crippen LogP contribution in [0.25, 0.3) is 16.8 Å². The van der Waals surface area contributed by atoms with Gasteiger partial charge in [0.15, 0.2) is 5.82 Å². The third-order valence-corrected chi connectivity index (χ3v) is 5.43. The summed E-state index contributed by atoms with van der Waals surface area (Å²) in [4.78, 5) is 27.2. The molecule has 10 nitrogen and oxygen atoms in total. The number of aliphatic hydroxyl groups excluding tert-OH is 2. The molecule has 0 bridgehead atoms. The Balaban J connectivity index is 1.95. The Morgan fingerprint density at radius 3 is 2.35 bits per heavy atom. The van der Waals surface area contributed by atoms with E-state index in [1.54, 1.807) is 23.7 Å². The SMILES string of the molecule is CCc1nnnn1-c1cc(C(=O)N[C@H](C)C(=O)N(CCO)CCO)cc(-c2ccc(C)cc2)c1. The van der Waals surface area contributed by atoms with E-state index in [2.05, 4.69) is 20.8 Å². The van der Waals surface area contributed by atoms with Gasteiger partial charge in [-0.2, -0.15) is 4.68 Å². The average molecular weight is 467 g/mol. The molecule has 0 radical (unpaired) electrons. The van der Waals surface area contributed by atoms with Gasteiger partial charge in [-0.05, 0) is 53.6 Å². The summed E-state index contributed by atoms with van der Waals surface area (Å²) in [5.74, 6) is -0.171. The monoisotopic (exact) mass is 466 g/mol. The van der Waals surface area contributed by atoms with E-state index < -0.39 is 11.9 Å². The first-order valence-corrected chi connectivity index (χ1v) is 11.2. The van der Waals surface area contributed by atoms with Gasteiger partial charge in [0.2, 0.25) is 5.91 Å². The number of carbonyl (C=O) groups is 2. The third-order valence-electron chi connectivity index (χ3n) is 5.43. The van der Waals surface area contributed by atoms with Gasteiger partial charge in [0.1, 0.15) is 6.04 Å². The molecule has 0 aliphatic rings. The molecule has 1 heterocycles. The van der Waals surface area contributed by atoms with Crippen LogP contribution in [0.1, 0.15) is 35.6 Å². The van der Waals surface area contributed by atoms with Crippen molar-refractivity contribution < 1.29 is 19.8 Å². The summed E-state index contributed by atoms with van der Waals surface area (Å²) in [6.07, 6.45) is 0.611. The number of carbonyl (C=O) groups excluding carboxylic acids is 2. The number of hydrogen-bond acceptors (Lipinski definition) is 7. The summed E-state index contributed by atoms with van der Waals surface area (Å²) in [5.41, 5.74) is 3.83. The van der Waals surface area contributed by atoms with Crippen molar-refractivity contribution in [3.05, 3.63) is 59.4 Å². The summed E-state index contributed by atoms with van der Waals surface area (Å²) in [6, 6.07) is 12.4. The zero-order chi connectivity index (χ0) is 24.7. The Bertz CT molecular complexity index is 1120. The Labute approximate surface area is 198 Å². The Kier molecular flexibility index (Phi) is 8.44. The predicted molar refractivity (Wildman–Crippen MR) is 126 cm³/mol. The minimum atomic E-state index is -0.851. The van der Waals surface area contributed by atoms with Gasteiger partial charge in [-0.15, -0.1) is 5.10 Å². The second kappa shape index (κ2) is 11.5. The first-order valence-electron chi connectivity index (χ1n) is 11.2. The van der Waals surface area contributed by atoms with E-state index in [-0.39, 0.29) is 32.2 Å². The number of rotatable bonds is 10. The number of aliphatic hydroxyl groups is 2. The van der Waals surface area contributed by atoms with E-state index >= 15 is 0 Å². The second-order valence-corrected chi connectivity index (χ2v) is 7.96. The van der Waals surface area contributed by atoms with Crippen LogP contribution in [0.5, 0.6) is 0 Å². The van der Waals surface area contributed by atoms with Crippen molar-refractivity contribution in [3.63, 3.8) is 0 Å². The molecule has 0 saturated heterocycles. The smallest absolute Gasteiger partial charge is 0.252 e. The van der Waals surface area contributed by atoms with Crippen LogP contribution in [0, 0.1) is 6.92 Å². The lowest BCUT2D eigenvalue weighted by Crippen LogP contribution is -2.48. The summed E-state index contributed by atoms with van der Waals surface area (Å²) in [5, 5.41) is 33.0. The van der Waals surface area contributed by atoms with Crippen LogP contribution < -0.4 is 5.32 Å². The van der Waals surface area contributed by atoms with Crippen LogP contribution >= 0.6 is 0 Å². The molecule has 0 saturated carbocycles. The highest BCUT2D eigenvalue weighted by atomic mass is 16.3. The van der Waals surface area contributed by atoms with Gasteiger partial charge in [-0.25, -0.2) is 0 Å². The molecule has 3 rings (SSSR count). The number of hydrogen-bond donors (Lipinski definition) is 3. The van der Waals surface area contributed by atoms with Crippen molar-refractivity contribution in [2.24, 2.45) is 0 Å². The zero-order valence-corrected chi connectivity index (χ0v) is 19.6. The quantitative estimate of drug-likeness (QED) is 0.408. The van der Waals surface area contributed by atoms with Crippen molar-refractivity contribution in [3.8, 4) is 16.8 Å². The first kappa shape index (κ1) is 25.0. The molecule has 10 heteroatoms. The van der Waals surface area contributed by atoms with E-state index in [1.807, 2.05) is 44.2 Å². The molecule has 34 heavy (non-hydrogen) atoms.